The second kappa shape index (κ2) is 5.90. The Hall–Kier alpha value is -1.50. The van der Waals surface area contributed by atoms with Gasteiger partial charge in [0.15, 0.2) is 0 Å². The van der Waals surface area contributed by atoms with Crippen LogP contribution in [0.5, 0.6) is 0 Å². The molecule has 0 heterocycles. The molecule has 0 unspecified atom stereocenters. The topological polar surface area (TPSA) is 23.8 Å². The highest BCUT2D eigenvalue weighted by molar-refractivity contribution is 7.98. The van der Waals surface area contributed by atoms with E-state index in [1.807, 2.05) is 18.2 Å². The number of nitrogens with zero attached hydrogens (tertiary/aromatic N) is 1. The Morgan fingerprint density at radius 1 is 1.22 bits per heavy atom. The zero-order valence-corrected chi connectivity index (χ0v) is 10.9. The molecule has 0 spiro atoms. The van der Waals surface area contributed by atoms with Crippen LogP contribution in [0.25, 0.3) is 0 Å². The largest absolute Gasteiger partial charge is 0.207 e. The summed E-state index contributed by atoms with van der Waals surface area (Å²) >= 11 is 7.52. The van der Waals surface area contributed by atoms with Crippen LogP contribution in [0.1, 0.15) is 11.1 Å². The maximum atomic E-state index is 13.1. The number of benzene rings is 2. The molecule has 0 fully saturated rings. The minimum Gasteiger partial charge on any atom is -0.207 e. The number of halogens is 2. The summed E-state index contributed by atoms with van der Waals surface area (Å²) < 4.78 is 13.1. The molecule has 0 N–H and O–H groups in total. The van der Waals surface area contributed by atoms with Crippen molar-refractivity contribution in [3.8, 4) is 6.07 Å². The first-order chi connectivity index (χ1) is 8.70. The van der Waals surface area contributed by atoms with Gasteiger partial charge in [0, 0.05) is 10.6 Å². The smallest absolute Gasteiger partial charge is 0.123 e. The minimum atomic E-state index is -0.330. The van der Waals surface area contributed by atoms with Gasteiger partial charge in [-0.3, -0.25) is 0 Å². The fraction of sp³-hybridized carbons (Fsp3) is 0.0714. The molecule has 2 rings (SSSR count). The van der Waals surface area contributed by atoms with Crippen LogP contribution >= 0.6 is 23.4 Å². The Kier molecular flexibility index (Phi) is 4.24. The van der Waals surface area contributed by atoms with Crippen LogP contribution in [0.2, 0.25) is 5.02 Å². The van der Waals surface area contributed by atoms with Gasteiger partial charge in [-0.2, -0.15) is 5.26 Å². The van der Waals surface area contributed by atoms with E-state index in [1.165, 1.54) is 30.0 Å². The van der Waals surface area contributed by atoms with Crippen LogP contribution in [-0.2, 0) is 5.75 Å². The van der Waals surface area contributed by atoms with E-state index in [0.717, 1.165) is 4.90 Å². The van der Waals surface area contributed by atoms with Crippen LogP contribution in [0.4, 0.5) is 4.39 Å². The van der Waals surface area contributed by atoms with Gasteiger partial charge >= 0.3 is 0 Å². The van der Waals surface area contributed by atoms with Crippen molar-refractivity contribution in [3.05, 3.63) is 64.4 Å². The SMILES string of the molecule is N#Cc1ccc(F)cc1CSc1ccccc1Cl. The highest BCUT2D eigenvalue weighted by Crippen LogP contribution is 2.30. The quantitative estimate of drug-likeness (QED) is 0.763. The van der Waals surface area contributed by atoms with Gasteiger partial charge in [0.2, 0.25) is 0 Å². The summed E-state index contributed by atoms with van der Waals surface area (Å²) in [5.74, 6) is 0.188. The lowest BCUT2D eigenvalue weighted by molar-refractivity contribution is 0.626. The molecule has 0 aliphatic heterocycles. The molecule has 0 saturated heterocycles. The molecule has 0 aliphatic carbocycles. The zero-order valence-electron chi connectivity index (χ0n) is 9.36. The Morgan fingerprint density at radius 3 is 2.72 bits per heavy atom. The summed E-state index contributed by atoms with van der Waals surface area (Å²) in [5.41, 5.74) is 1.18. The molecule has 0 amide bonds. The van der Waals surface area contributed by atoms with Gasteiger partial charge in [0.1, 0.15) is 5.82 Å². The van der Waals surface area contributed by atoms with Crippen molar-refractivity contribution in [2.75, 3.05) is 0 Å². The van der Waals surface area contributed by atoms with E-state index in [2.05, 4.69) is 6.07 Å². The van der Waals surface area contributed by atoms with Crippen LogP contribution < -0.4 is 0 Å². The number of thioether (sulfide) groups is 1. The number of nitriles is 1. The summed E-state index contributed by atoms with van der Waals surface area (Å²) in [7, 11) is 0. The molecular weight excluding hydrogens is 269 g/mol. The number of rotatable bonds is 3. The van der Waals surface area contributed by atoms with Gasteiger partial charge in [0.05, 0.1) is 16.7 Å². The van der Waals surface area contributed by atoms with Crippen LogP contribution in [-0.4, -0.2) is 0 Å². The van der Waals surface area contributed by atoms with Gasteiger partial charge in [-0.25, -0.2) is 4.39 Å². The van der Waals surface area contributed by atoms with Gasteiger partial charge in [-0.1, -0.05) is 23.7 Å². The predicted molar refractivity (Wildman–Crippen MR) is 72.1 cm³/mol. The first-order valence-corrected chi connectivity index (χ1v) is 6.63. The molecule has 0 saturated carbocycles. The summed E-state index contributed by atoms with van der Waals surface area (Å²) in [5, 5.41) is 9.62. The van der Waals surface area contributed by atoms with Gasteiger partial charge in [0.25, 0.3) is 0 Å². The Bertz CT molecular complexity index is 607. The Morgan fingerprint density at radius 2 is 2.00 bits per heavy atom. The summed E-state index contributed by atoms with van der Waals surface area (Å²) in [6.07, 6.45) is 0. The van der Waals surface area contributed by atoms with Crippen LogP contribution in [0, 0.1) is 17.1 Å². The molecule has 0 atom stereocenters. The molecule has 2 aromatic rings. The predicted octanol–water partition coefficient (Wildman–Crippen LogP) is 4.64. The third kappa shape index (κ3) is 3.04. The molecule has 0 bridgehead atoms. The van der Waals surface area contributed by atoms with Gasteiger partial charge in [-0.05, 0) is 35.9 Å². The lowest BCUT2D eigenvalue weighted by Gasteiger charge is -2.05. The highest BCUT2D eigenvalue weighted by atomic mass is 35.5. The standard InChI is InChI=1S/C14H9ClFNS/c15-13-3-1-2-4-14(13)18-9-11-7-12(16)6-5-10(11)8-17/h1-7H,9H2. The van der Waals surface area contributed by atoms with Crippen LogP contribution in [0.3, 0.4) is 0 Å². The van der Waals surface area contributed by atoms with Crippen molar-refractivity contribution in [2.45, 2.75) is 10.6 Å². The summed E-state index contributed by atoms with van der Waals surface area (Å²) in [6, 6.07) is 13.7. The molecule has 2 aromatic carbocycles. The molecule has 18 heavy (non-hydrogen) atoms. The summed E-state index contributed by atoms with van der Waals surface area (Å²) in [4.78, 5) is 0.923. The number of hydrogen-bond acceptors (Lipinski definition) is 2. The maximum Gasteiger partial charge on any atom is 0.123 e. The average molecular weight is 278 g/mol. The van der Waals surface area contributed by atoms with E-state index in [4.69, 9.17) is 16.9 Å². The molecule has 0 aromatic heterocycles. The highest BCUT2D eigenvalue weighted by Gasteiger charge is 2.06. The fourth-order valence-corrected chi connectivity index (χ4v) is 2.74. The molecule has 90 valence electrons. The molecular formula is C14H9ClFNS. The van der Waals surface area contributed by atoms with E-state index in [9.17, 15) is 4.39 Å². The first-order valence-electron chi connectivity index (χ1n) is 5.26. The van der Waals surface area contributed by atoms with Gasteiger partial charge < -0.3 is 0 Å². The van der Waals surface area contributed by atoms with Crippen LogP contribution in [0.15, 0.2) is 47.4 Å². The Balaban J connectivity index is 2.18. The van der Waals surface area contributed by atoms with E-state index in [0.29, 0.717) is 21.9 Å². The molecule has 1 nitrogen and oxygen atoms in total. The van der Waals surface area contributed by atoms with E-state index < -0.39 is 0 Å². The minimum absolute atomic E-state index is 0.330. The second-order valence-electron chi connectivity index (χ2n) is 3.63. The lowest BCUT2D eigenvalue weighted by atomic mass is 10.1. The van der Waals surface area contributed by atoms with Crippen molar-refractivity contribution in [1.82, 2.24) is 0 Å². The fourth-order valence-electron chi connectivity index (χ4n) is 1.51. The third-order valence-corrected chi connectivity index (χ3v) is 3.97. The van der Waals surface area contributed by atoms with Crippen molar-refractivity contribution in [3.63, 3.8) is 0 Å². The molecule has 0 radical (unpaired) electrons. The molecule has 0 aliphatic rings. The van der Waals surface area contributed by atoms with Crippen molar-refractivity contribution >= 4 is 23.4 Å². The lowest BCUT2D eigenvalue weighted by Crippen LogP contribution is -1.89. The van der Waals surface area contributed by atoms with Crippen molar-refractivity contribution < 1.29 is 4.39 Å². The number of hydrogen-bond donors (Lipinski definition) is 0. The van der Waals surface area contributed by atoms with E-state index in [1.54, 1.807) is 6.07 Å². The second-order valence-corrected chi connectivity index (χ2v) is 5.06. The monoisotopic (exact) mass is 277 g/mol. The summed E-state index contributed by atoms with van der Waals surface area (Å²) in [6.45, 7) is 0. The third-order valence-electron chi connectivity index (χ3n) is 2.41. The normalized spacial score (nSPS) is 10.1. The van der Waals surface area contributed by atoms with Gasteiger partial charge in [-0.15, -0.1) is 11.8 Å². The molecule has 4 heteroatoms. The van der Waals surface area contributed by atoms with E-state index >= 15 is 0 Å². The van der Waals surface area contributed by atoms with E-state index in [-0.39, 0.29) is 5.82 Å². The maximum absolute atomic E-state index is 13.1. The van der Waals surface area contributed by atoms with Crippen molar-refractivity contribution in [1.29, 1.82) is 5.26 Å². The Labute approximate surface area is 114 Å². The first kappa shape index (κ1) is 12.9. The average Bonchev–Trinajstić information content (AvgIpc) is 2.38. The zero-order chi connectivity index (χ0) is 13.0. The van der Waals surface area contributed by atoms with Crippen molar-refractivity contribution in [2.24, 2.45) is 0 Å².